The highest BCUT2D eigenvalue weighted by atomic mass is 35.5. The molecule has 0 saturated heterocycles. The Morgan fingerprint density at radius 1 is 0.900 bits per heavy atom. The van der Waals surface area contributed by atoms with Crippen molar-refractivity contribution in [3.05, 3.63) is 52.5 Å². The summed E-state index contributed by atoms with van der Waals surface area (Å²) in [6, 6.07) is 10.9. The van der Waals surface area contributed by atoms with Crippen LogP contribution in [0.15, 0.2) is 47.4 Å². The zero-order chi connectivity index (χ0) is 14.8. The maximum absolute atomic E-state index is 12.2. The van der Waals surface area contributed by atoms with Crippen LogP contribution in [0.1, 0.15) is 0 Å². The quantitative estimate of drug-likeness (QED) is 0.895. The Balaban J connectivity index is 2.30. The SMILES string of the molecule is CNc1ccc(S(=O)(=O)Nc2cc(Cl)cc(Cl)c2)cc1. The second kappa shape index (κ2) is 5.91. The number of anilines is 2. The zero-order valence-corrected chi connectivity index (χ0v) is 12.9. The fraction of sp³-hybridized carbons (Fsp3) is 0.0769. The van der Waals surface area contributed by atoms with Crippen molar-refractivity contribution in [1.29, 1.82) is 0 Å². The Hall–Kier alpha value is -1.43. The molecule has 0 radical (unpaired) electrons. The van der Waals surface area contributed by atoms with Gasteiger partial charge in [-0.05, 0) is 42.5 Å². The van der Waals surface area contributed by atoms with Crippen LogP contribution in [0.25, 0.3) is 0 Å². The molecule has 0 heterocycles. The topological polar surface area (TPSA) is 58.2 Å². The van der Waals surface area contributed by atoms with Gasteiger partial charge in [-0.3, -0.25) is 4.72 Å². The van der Waals surface area contributed by atoms with Crippen LogP contribution in [-0.2, 0) is 10.0 Å². The van der Waals surface area contributed by atoms with Crippen molar-refractivity contribution < 1.29 is 8.42 Å². The molecule has 2 aromatic rings. The minimum absolute atomic E-state index is 0.160. The average Bonchev–Trinajstić information content (AvgIpc) is 2.37. The second-order valence-corrected chi connectivity index (χ2v) is 6.59. The maximum Gasteiger partial charge on any atom is 0.261 e. The van der Waals surface area contributed by atoms with Crippen LogP contribution in [0, 0.1) is 0 Å². The third-order valence-corrected chi connectivity index (χ3v) is 4.40. The molecule has 0 saturated carbocycles. The Kier molecular flexibility index (Phi) is 4.42. The summed E-state index contributed by atoms with van der Waals surface area (Å²) in [4.78, 5) is 0.160. The molecule has 0 unspecified atom stereocenters. The summed E-state index contributed by atoms with van der Waals surface area (Å²) in [7, 11) is -1.91. The number of hydrogen-bond acceptors (Lipinski definition) is 3. The summed E-state index contributed by atoms with van der Waals surface area (Å²) in [5.41, 5.74) is 1.15. The van der Waals surface area contributed by atoms with Crippen molar-refractivity contribution >= 4 is 44.6 Å². The lowest BCUT2D eigenvalue weighted by Gasteiger charge is -2.09. The highest BCUT2D eigenvalue weighted by molar-refractivity contribution is 7.92. The van der Waals surface area contributed by atoms with E-state index in [0.29, 0.717) is 15.7 Å². The van der Waals surface area contributed by atoms with Gasteiger partial charge in [-0.1, -0.05) is 23.2 Å². The van der Waals surface area contributed by atoms with E-state index in [9.17, 15) is 8.42 Å². The van der Waals surface area contributed by atoms with Gasteiger partial charge in [-0.15, -0.1) is 0 Å². The minimum atomic E-state index is -3.67. The summed E-state index contributed by atoms with van der Waals surface area (Å²) in [6.07, 6.45) is 0. The van der Waals surface area contributed by atoms with Crippen LogP contribution < -0.4 is 10.0 Å². The first-order valence-electron chi connectivity index (χ1n) is 5.67. The molecule has 0 aliphatic heterocycles. The van der Waals surface area contributed by atoms with Crippen molar-refractivity contribution in [3.8, 4) is 0 Å². The summed E-state index contributed by atoms with van der Waals surface area (Å²) in [6.45, 7) is 0. The number of rotatable bonds is 4. The Morgan fingerprint density at radius 2 is 1.45 bits per heavy atom. The Bertz CT molecular complexity index is 695. The molecule has 0 amide bonds. The lowest BCUT2D eigenvalue weighted by atomic mass is 10.3. The van der Waals surface area contributed by atoms with Gasteiger partial charge in [0.25, 0.3) is 10.0 Å². The van der Waals surface area contributed by atoms with Gasteiger partial charge in [-0.25, -0.2) is 8.42 Å². The molecule has 0 aliphatic rings. The minimum Gasteiger partial charge on any atom is -0.388 e. The van der Waals surface area contributed by atoms with Gasteiger partial charge < -0.3 is 5.32 Å². The van der Waals surface area contributed by atoms with Crippen LogP contribution in [0.3, 0.4) is 0 Å². The number of benzene rings is 2. The van der Waals surface area contributed by atoms with Crippen molar-refractivity contribution in [3.63, 3.8) is 0 Å². The first-order chi connectivity index (χ1) is 9.40. The van der Waals surface area contributed by atoms with E-state index in [1.54, 1.807) is 19.2 Å². The largest absolute Gasteiger partial charge is 0.388 e. The van der Waals surface area contributed by atoms with Gasteiger partial charge >= 0.3 is 0 Å². The van der Waals surface area contributed by atoms with E-state index in [1.807, 2.05) is 0 Å². The van der Waals surface area contributed by atoms with Crippen molar-refractivity contribution in [2.45, 2.75) is 4.90 Å². The number of hydrogen-bond donors (Lipinski definition) is 2. The monoisotopic (exact) mass is 330 g/mol. The summed E-state index contributed by atoms with van der Waals surface area (Å²) in [5, 5.41) is 3.64. The second-order valence-electron chi connectivity index (χ2n) is 4.04. The Labute approximate surface area is 127 Å². The van der Waals surface area contributed by atoms with Gasteiger partial charge in [-0.2, -0.15) is 0 Å². The normalized spacial score (nSPS) is 11.2. The van der Waals surface area contributed by atoms with Crippen LogP contribution in [0.5, 0.6) is 0 Å². The van der Waals surface area contributed by atoms with Crippen molar-refractivity contribution in [1.82, 2.24) is 0 Å². The fourth-order valence-corrected chi connectivity index (χ4v) is 3.19. The summed E-state index contributed by atoms with van der Waals surface area (Å²) in [5.74, 6) is 0. The first kappa shape index (κ1) is 15.0. The molecule has 0 spiro atoms. The van der Waals surface area contributed by atoms with E-state index in [-0.39, 0.29) is 4.90 Å². The van der Waals surface area contributed by atoms with Crippen molar-refractivity contribution in [2.75, 3.05) is 17.1 Å². The predicted octanol–water partition coefficient (Wildman–Crippen LogP) is 3.84. The van der Waals surface area contributed by atoms with Crippen LogP contribution in [0.4, 0.5) is 11.4 Å². The van der Waals surface area contributed by atoms with Gasteiger partial charge in [0.05, 0.1) is 10.6 Å². The van der Waals surface area contributed by atoms with Crippen LogP contribution in [-0.4, -0.2) is 15.5 Å². The van der Waals surface area contributed by atoms with E-state index >= 15 is 0 Å². The van der Waals surface area contributed by atoms with E-state index in [1.165, 1.54) is 30.3 Å². The number of sulfonamides is 1. The summed E-state index contributed by atoms with van der Waals surface area (Å²) < 4.78 is 26.8. The molecule has 106 valence electrons. The molecule has 0 atom stereocenters. The van der Waals surface area contributed by atoms with Crippen molar-refractivity contribution in [2.24, 2.45) is 0 Å². The van der Waals surface area contributed by atoms with Gasteiger partial charge in [0.2, 0.25) is 0 Å². The molecule has 0 fully saturated rings. The summed E-state index contributed by atoms with van der Waals surface area (Å²) >= 11 is 11.7. The van der Waals surface area contributed by atoms with E-state index in [0.717, 1.165) is 5.69 Å². The van der Waals surface area contributed by atoms with Gasteiger partial charge in [0.15, 0.2) is 0 Å². The lowest BCUT2D eigenvalue weighted by Crippen LogP contribution is -2.12. The third kappa shape index (κ3) is 3.56. The Morgan fingerprint density at radius 3 is 1.95 bits per heavy atom. The zero-order valence-electron chi connectivity index (χ0n) is 10.5. The van der Waals surface area contributed by atoms with E-state index in [4.69, 9.17) is 23.2 Å². The van der Waals surface area contributed by atoms with Crippen LogP contribution >= 0.6 is 23.2 Å². The number of halogens is 2. The lowest BCUT2D eigenvalue weighted by molar-refractivity contribution is 0.601. The molecule has 0 bridgehead atoms. The van der Waals surface area contributed by atoms with Crippen LogP contribution in [0.2, 0.25) is 10.0 Å². The van der Waals surface area contributed by atoms with E-state index in [2.05, 4.69) is 10.0 Å². The molecule has 4 nitrogen and oxygen atoms in total. The molecule has 2 rings (SSSR count). The molecule has 0 aliphatic carbocycles. The highest BCUT2D eigenvalue weighted by Crippen LogP contribution is 2.25. The standard InChI is InChI=1S/C13H12Cl2N2O2S/c1-16-11-2-4-13(5-3-11)20(18,19)17-12-7-9(14)6-10(15)8-12/h2-8,16-17H,1H3. The molecule has 2 aromatic carbocycles. The molecule has 0 aromatic heterocycles. The molecular formula is C13H12Cl2N2O2S. The molecular weight excluding hydrogens is 319 g/mol. The molecule has 7 heteroatoms. The fourth-order valence-electron chi connectivity index (χ4n) is 1.63. The van der Waals surface area contributed by atoms with E-state index < -0.39 is 10.0 Å². The highest BCUT2D eigenvalue weighted by Gasteiger charge is 2.14. The maximum atomic E-state index is 12.2. The average molecular weight is 331 g/mol. The molecule has 20 heavy (non-hydrogen) atoms. The van der Waals surface area contributed by atoms with Gasteiger partial charge in [0, 0.05) is 22.8 Å². The predicted molar refractivity (Wildman–Crippen MR) is 83.3 cm³/mol. The smallest absolute Gasteiger partial charge is 0.261 e. The number of nitrogens with one attached hydrogen (secondary N) is 2. The van der Waals surface area contributed by atoms with Gasteiger partial charge in [0.1, 0.15) is 0 Å². The first-order valence-corrected chi connectivity index (χ1v) is 7.91. The molecule has 2 N–H and O–H groups in total. The third-order valence-electron chi connectivity index (χ3n) is 2.57.